The molecule has 1 aliphatic heterocycles. The smallest absolute Gasteiger partial charge is 0.295 e. The lowest BCUT2D eigenvalue weighted by Gasteiger charge is -2.26. The summed E-state index contributed by atoms with van der Waals surface area (Å²) in [4.78, 5) is 29.3. The summed E-state index contributed by atoms with van der Waals surface area (Å²) in [5, 5.41) is 11.0. The van der Waals surface area contributed by atoms with Crippen LogP contribution in [0.5, 0.6) is 5.75 Å². The van der Waals surface area contributed by atoms with Crippen LogP contribution in [0.2, 0.25) is 0 Å². The van der Waals surface area contributed by atoms with E-state index >= 15 is 0 Å². The molecule has 30 heavy (non-hydrogen) atoms. The number of aliphatic hydroxyl groups is 1. The van der Waals surface area contributed by atoms with Crippen LogP contribution in [-0.4, -0.2) is 60.4 Å². The van der Waals surface area contributed by atoms with Gasteiger partial charge in [-0.15, -0.1) is 0 Å². The Hall–Kier alpha value is -2.64. The van der Waals surface area contributed by atoms with Gasteiger partial charge < -0.3 is 19.6 Å². The summed E-state index contributed by atoms with van der Waals surface area (Å²) in [6.45, 7) is 3.41. The van der Waals surface area contributed by atoms with Crippen LogP contribution >= 0.6 is 15.9 Å². The van der Waals surface area contributed by atoms with Crippen LogP contribution in [0.25, 0.3) is 5.76 Å². The number of halogens is 1. The van der Waals surface area contributed by atoms with Gasteiger partial charge in [0, 0.05) is 23.1 Å². The van der Waals surface area contributed by atoms with Gasteiger partial charge in [-0.25, -0.2) is 0 Å². The fourth-order valence-electron chi connectivity index (χ4n) is 3.44. The minimum atomic E-state index is -0.673. The van der Waals surface area contributed by atoms with Gasteiger partial charge in [0.25, 0.3) is 11.7 Å². The zero-order valence-corrected chi connectivity index (χ0v) is 18.8. The quantitative estimate of drug-likeness (QED) is 0.376. The van der Waals surface area contributed by atoms with E-state index < -0.39 is 17.7 Å². The molecule has 3 rings (SSSR count). The minimum Gasteiger partial charge on any atom is -0.507 e. The number of nitrogens with zero attached hydrogens (tertiary/aromatic N) is 2. The molecule has 1 atom stereocenters. The second-order valence-electron chi connectivity index (χ2n) is 7.30. The second-order valence-corrected chi connectivity index (χ2v) is 8.22. The van der Waals surface area contributed by atoms with E-state index in [0.717, 1.165) is 10.0 Å². The number of hydrogen-bond donors (Lipinski definition) is 1. The molecule has 1 amide bonds. The van der Waals surface area contributed by atoms with Crippen molar-refractivity contribution in [2.24, 2.45) is 0 Å². The molecule has 2 aromatic rings. The van der Waals surface area contributed by atoms with Crippen molar-refractivity contribution in [3.8, 4) is 5.75 Å². The van der Waals surface area contributed by atoms with Crippen molar-refractivity contribution < 1.29 is 19.4 Å². The highest BCUT2D eigenvalue weighted by Crippen LogP contribution is 2.39. The summed E-state index contributed by atoms with van der Waals surface area (Å²) in [6, 6.07) is 13.6. The number of carbonyl (C=O) groups is 2. The molecule has 6 nitrogen and oxygen atoms in total. The molecule has 0 saturated carbocycles. The molecular formula is C23H25BrN2O4. The van der Waals surface area contributed by atoms with Gasteiger partial charge in [0.2, 0.25) is 0 Å². The van der Waals surface area contributed by atoms with E-state index in [4.69, 9.17) is 4.74 Å². The molecule has 7 heteroatoms. The lowest BCUT2D eigenvalue weighted by Crippen LogP contribution is -2.35. The number of Topliss-reactive ketones (excluding diaryl/α,β-unsaturated/α-hetero) is 1. The number of hydrogen-bond acceptors (Lipinski definition) is 5. The van der Waals surface area contributed by atoms with E-state index in [2.05, 4.69) is 15.9 Å². The van der Waals surface area contributed by atoms with Crippen molar-refractivity contribution in [1.29, 1.82) is 0 Å². The Kier molecular flexibility index (Phi) is 6.95. The molecule has 1 N–H and O–H groups in total. The van der Waals surface area contributed by atoms with Gasteiger partial charge >= 0.3 is 0 Å². The number of likely N-dealkylation sites (tertiary alicyclic amines) is 1. The third-order valence-electron chi connectivity index (χ3n) is 4.95. The van der Waals surface area contributed by atoms with E-state index in [0.29, 0.717) is 31.0 Å². The van der Waals surface area contributed by atoms with Gasteiger partial charge in [-0.2, -0.15) is 0 Å². The largest absolute Gasteiger partial charge is 0.507 e. The Morgan fingerprint density at radius 2 is 1.73 bits per heavy atom. The van der Waals surface area contributed by atoms with Crippen molar-refractivity contribution in [3.63, 3.8) is 0 Å². The Morgan fingerprint density at radius 3 is 2.30 bits per heavy atom. The first-order chi connectivity index (χ1) is 14.3. The Labute approximate surface area is 184 Å². The number of carbonyl (C=O) groups excluding carboxylic acids is 2. The molecule has 0 radical (unpaired) electrons. The third-order valence-corrected chi connectivity index (χ3v) is 5.48. The molecule has 1 unspecified atom stereocenters. The molecule has 2 aromatic carbocycles. The maximum Gasteiger partial charge on any atom is 0.295 e. The summed E-state index contributed by atoms with van der Waals surface area (Å²) in [7, 11) is 3.81. The molecule has 1 fully saturated rings. The molecule has 0 aliphatic carbocycles. The van der Waals surface area contributed by atoms with Gasteiger partial charge in [0.15, 0.2) is 0 Å². The number of likely N-dealkylation sites (N-methyl/N-ethyl adjacent to an activating group) is 1. The monoisotopic (exact) mass is 472 g/mol. The molecule has 0 aromatic heterocycles. The molecule has 0 bridgehead atoms. The SMILES string of the molecule is CCOc1ccc(C2/C(=C(\O)c3ccc(Br)cc3)C(=O)C(=O)N2CCN(C)C)cc1. The topological polar surface area (TPSA) is 70.1 Å². The Bertz CT molecular complexity index is 952. The van der Waals surface area contributed by atoms with Crippen molar-refractivity contribution in [2.75, 3.05) is 33.8 Å². The van der Waals surface area contributed by atoms with Gasteiger partial charge in [0.1, 0.15) is 11.5 Å². The fraction of sp³-hybridized carbons (Fsp3) is 0.304. The molecule has 1 aliphatic rings. The van der Waals surface area contributed by atoms with Crippen molar-refractivity contribution in [3.05, 3.63) is 69.7 Å². The molecule has 1 heterocycles. The van der Waals surface area contributed by atoms with Crippen LogP contribution in [0.15, 0.2) is 58.6 Å². The highest BCUT2D eigenvalue weighted by atomic mass is 79.9. The van der Waals surface area contributed by atoms with Crippen molar-refractivity contribution in [2.45, 2.75) is 13.0 Å². The molecule has 0 spiro atoms. The lowest BCUT2D eigenvalue weighted by atomic mass is 9.95. The summed E-state index contributed by atoms with van der Waals surface area (Å²) in [5.41, 5.74) is 1.33. The second kappa shape index (κ2) is 9.45. The highest BCUT2D eigenvalue weighted by molar-refractivity contribution is 9.10. The van der Waals surface area contributed by atoms with E-state index in [1.807, 2.05) is 50.2 Å². The van der Waals surface area contributed by atoms with Gasteiger partial charge in [-0.3, -0.25) is 9.59 Å². The molecule has 1 saturated heterocycles. The molecular weight excluding hydrogens is 448 g/mol. The van der Waals surface area contributed by atoms with E-state index in [1.165, 1.54) is 4.90 Å². The van der Waals surface area contributed by atoms with E-state index in [-0.39, 0.29) is 11.3 Å². The maximum atomic E-state index is 12.9. The Balaban J connectivity index is 2.10. The number of rotatable bonds is 7. The predicted octanol–water partition coefficient (Wildman–Crippen LogP) is 3.83. The van der Waals surface area contributed by atoms with E-state index in [1.54, 1.807) is 24.3 Å². The van der Waals surface area contributed by atoms with Gasteiger partial charge in [-0.05, 0) is 50.8 Å². The number of ether oxygens (including phenoxy) is 1. The Morgan fingerprint density at radius 1 is 1.10 bits per heavy atom. The first kappa shape index (κ1) is 22.1. The number of ketones is 1. The van der Waals surface area contributed by atoms with Crippen molar-refractivity contribution >= 4 is 33.4 Å². The summed E-state index contributed by atoms with van der Waals surface area (Å²) in [6.07, 6.45) is 0. The van der Waals surface area contributed by atoms with Crippen LogP contribution in [0.4, 0.5) is 0 Å². The highest BCUT2D eigenvalue weighted by Gasteiger charge is 2.45. The van der Waals surface area contributed by atoms with Crippen LogP contribution in [0.3, 0.4) is 0 Å². The van der Waals surface area contributed by atoms with E-state index in [9.17, 15) is 14.7 Å². The van der Waals surface area contributed by atoms with Crippen molar-refractivity contribution in [1.82, 2.24) is 9.80 Å². The first-order valence-electron chi connectivity index (χ1n) is 9.75. The summed E-state index contributed by atoms with van der Waals surface area (Å²) >= 11 is 3.37. The van der Waals surface area contributed by atoms with Crippen LogP contribution in [0.1, 0.15) is 24.1 Å². The summed E-state index contributed by atoms with van der Waals surface area (Å²) < 4.78 is 6.36. The standard InChI is InChI=1S/C23H25BrN2O4/c1-4-30-18-11-7-15(8-12-18)20-19(21(27)16-5-9-17(24)10-6-16)22(28)23(29)26(20)14-13-25(2)3/h5-12,20,27H,4,13-14H2,1-3H3/b21-19+. The summed E-state index contributed by atoms with van der Waals surface area (Å²) in [5.74, 6) is -0.742. The normalized spacial score (nSPS) is 18.3. The van der Waals surface area contributed by atoms with Gasteiger partial charge in [0.05, 0.1) is 18.2 Å². The average molecular weight is 473 g/mol. The predicted molar refractivity (Wildman–Crippen MR) is 119 cm³/mol. The number of amides is 1. The first-order valence-corrected chi connectivity index (χ1v) is 10.5. The number of benzene rings is 2. The maximum absolute atomic E-state index is 12.9. The zero-order chi connectivity index (χ0) is 21.8. The van der Waals surface area contributed by atoms with Crippen LogP contribution < -0.4 is 4.74 Å². The molecule has 158 valence electrons. The zero-order valence-electron chi connectivity index (χ0n) is 17.3. The van der Waals surface area contributed by atoms with Gasteiger partial charge in [-0.1, -0.05) is 40.2 Å². The third kappa shape index (κ3) is 4.57. The minimum absolute atomic E-state index is 0.102. The average Bonchev–Trinajstić information content (AvgIpc) is 2.98. The van der Waals surface area contributed by atoms with Crippen LogP contribution in [0, 0.1) is 0 Å². The fourth-order valence-corrected chi connectivity index (χ4v) is 3.71. The van der Waals surface area contributed by atoms with Crippen LogP contribution in [-0.2, 0) is 9.59 Å². The lowest BCUT2D eigenvalue weighted by molar-refractivity contribution is -0.140. The number of aliphatic hydroxyl groups excluding tert-OH is 1.